The Hall–Kier alpha value is -1.68. The molecule has 1 amide bonds. The van der Waals surface area contributed by atoms with Gasteiger partial charge in [0.2, 0.25) is 5.91 Å². The molecule has 1 heterocycles. The number of hydrogen-bond donors (Lipinski definition) is 0. The monoisotopic (exact) mass is 288 g/mol. The first-order valence-electron chi connectivity index (χ1n) is 6.91. The van der Waals surface area contributed by atoms with Crippen LogP contribution in [0.4, 0.5) is 0 Å². The van der Waals surface area contributed by atoms with E-state index in [2.05, 4.69) is 17.1 Å². The minimum absolute atomic E-state index is 0.196. The van der Waals surface area contributed by atoms with Crippen LogP contribution >= 0.6 is 11.3 Å². The van der Waals surface area contributed by atoms with Gasteiger partial charge in [-0.1, -0.05) is 30.3 Å². The van der Waals surface area contributed by atoms with Crippen LogP contribution in [0.25, 0.3) is 0 Å². The van der Waals surface area contributed by atoms with E-state index in [4.69, 9.17) is 0 Å². The number of nitrogens with zero attached hydrogens (tertiary/aromatic N) is 2. The van der Waals surface area contributed by atoms with Crippen LogP contribution in [0.5, 0.6) is 0 Å². The maximum atomic E-state index is 12.3. The zero-order chi connectivity index (χ0) is 14.4. The SMILES string of the molecule is CCN(Cc1ccccc1)C(=O)CCc1csc(C)n1. The summed E-state index contributed by atoms with van der Waals surface area (Å²) in [4.78, 5) is 18.6. The highest BCUT2D eigenvalue weighted by atomic mass is 32.1. The number of hydrogen-bond acceptors (Lipinski definition) is 3. The quantitative estimate of drug-likeness (QED) is 0.816. The molecule has 1 aromatic heterocycles. The van der Waals surface area contributed by atoms with Crippen LogP contribution in [0.15, 0.2) is 35.7 Å². The van der Waals surface area contributed by atoms with Gasteiger partial charge in [0.25, 0.3) is 0 Å². The standard InChI is InChI=1S/C16H20N2OS/c1-3-18(11-14-7-5-4-6-8-14)16(19)10-9-15-12-20-13(2)17-15/h4-8,12H,3,9-11H2,1-2H3. The summed E-state index contributed by atoms with van der Waals surface area (Å²) in [6, 6.07) is 10.1. The number of benzene rings is 1. The number of aryl methyl sites for hydroxylation is 2. The Morgan fingerprint density at radius 3 is 2.65 bits per heavy atom. The fourth-order valence-corrected chi connectivity index (χ4v) is 2.74. The first kappa shape index (κ1) is 14.7. The van der Waals surface area contributed by atoms with Crippen molar-refractivity contribution in [1.29, 1.82) is 0 Å². The highest BCUT2D eigenvalue weighted by Crippen LogP contribution is 2.12. The number of aromatic nitrogens is 1. The van der Waals surface area contributed by atoms with E-state index in [-0.39, 0.29) is 5.91 Å². The molecule has 0 aliphatic rings. The van der Waals surface area contributed by atoms with Crippen molar-refractivity contribution in [3.05, 3.63) is 52.0 Å². The van der Waals surface area contributed by atoms with Gasteiger partial charge in [0, 0.05) is 24.9 Å². The number of thiazole rings is 1. The molecule has 0 saturated carbocycles. The lowest BCUT2D eigenvalue weighted by atomic mass is 10.2. The predicted molar refractivity (Wildman–Crippen MR) is 82.7 cm³/mol. The molecular formula is C16H20N2OS. The van der Waals surface area contributed by atoms with Gasteiger partial charge in [0.15, 0.2) is 0 Å². The molecule has 106 valence electrons. The summed E-state index contributed by atoms with van der Waals surface area (Å²) in [5, 5.41) is 3.10. The van der Waals surface area contributed by atoms with Crippen molar-refractivity contribution >= 4 is 17.2 Å². The van der Waals surface area contributed by atoms with E-state index >= 15 is 0 Å². The van der Waals surface area contributed by atoms with Crippen molar-refractivity contribution in [3.63, 3.8) is 0 Å². The first-order chi connectivity index (χ1) is 9.69. The summed E-state index contributed by atoms with van der Waals surface area (Å²) < 4.78 is 0. The molecule has 0 unspecified atom stereocenters. The molecule has 0 saturated heterocycles. The van der Waals surface area contributed by atoms with E-state index in [1.54, 1.807) is 11.3 Å². The maximum absolute atomic E-state index is 12.3. The number of amides is 1. The molecule has 4 heteroatoms. The van der Waals surface area contributed by atoms with Crippen LogP contribution in [-0.2, 0) is 17.8 Å². The Kier molecular flexibility index (Phi) is 5.30. The number of rotatable bonds is 6. The van der Waals surface area contributed by atoms with Gasteiger partial charge in [0.05, 0.1) is 10.7 Å². The summed E-state index contributed by atoms with van der Waals surface area (Å²) in [6.07, 6.45) is 1.26. The second-order valence-electron chi connectivity index (χ2n) is 4.75. The molecule has 3 nitrogen and oxygen atoms in total. The molecule has 20 heavy (non-hydrogen) atoms. The average Bonchev–Trinajstić information content (AvgIpc) is 2.89. The second kappa shape index (κ2) is 7.20. The van der Waals surface area contributed by atoms with Crippen molar-refractivity contribution in [1.82, 2.24) is 9.88 Å². The minimum atomic E-state index is 0.196. The van der Waals surface area contributed by atoms with Gasteiger partial charge in [-0.2, -0.15) is 0 Å². The first-order valence-corrected chi connectivity index (χ1v) is 7.79. The molecule has 0 N–H and O–H groups in total. The van der Waals surface area contributed by atoms with Crippen molar-refractivity contribution in [2.24, 2.45) is 0 Å². The van der Waals surface area contributed by atoms with Gasteiger partial charge in [-0.25, -0.2) is 4.98 Å². The fraction of sp³-hybridized carbons (Fsp3) is 0.375. The lowest BCUT2D eigenvalue weighted by Crippen LogP contribution is -2.30. The van der Waals surface area contributed by atoms with Gasteiger partial charge in [-0.05, 0) is 25.8 Å². The Bertz CT molecular complexity index is 551. The van der Waals surface area contributed by atoms with Crippen molar-refractivity contribution in [2.75, 3.05) is 6.54 Å². The normalized spacial score (nSPS) is 10.5. The average molecular weight is 288 g/mol. The largest absolute Gasteiger partial charge is 0.339 e. The molecule has 0 atom stereocenters. The Balaban J connectivity index is 1.89. The molecule has 0 fully saturated rings. The van der Waals surface area contributed by atoms with E-state index in [0.29, 0.717) is 13.0 Å². The molecule has 0 spiro atoms. The van der Waals surface area contributed by atoms with Crippen molar-refractivity contribution < 1.29 is 4.79 Å². The van der Waals surface area contributed by atoms with E-state index in [0.717, 1.165) is 23.7 Å². The summed E-state index contributed by atoms with van der Waals surface area (Å²) in [6.45, 7) is 5.44. The molecule has 1 aromatic carbocycles. The Morgan fingerprint density at radius 1 is 1.30 bits per heavy atom. The topological polar surface area (TPSA) is 33.2 Å². The third-order valence-electron chi connectivity index (χ3n) is 3.21. The lowest BCUT2D eigenvalue weighted by Gasteiger charge is -2.20. The van der Waals surface area contributed by atoms with Gasteiger partial charge in [0.1, 0.15) is 0 Å². The molecule has 0 bridgehead atoms. The minimum Gasteiger partial charge on any atom is -0.339 e. The number of carbonyl (C=O) groups is 1. The second-order valence-corrected chi connectivity index (χ2v) is 5.81. The summed E-state index contributed by atoms with van der Waals surface area (Å²) >= 11 is 1.64. The zero-order valence-electron chi connectivity index (χ0n) is 12.0. The third kappa shape index (κ3) is 4.17. The zero-order valence-corrected chi connectivity index (χ0v) is 12.8. The van der Waals surface area contributed by atoms with E-state index in [1.807, 2.05) is 42.3 Å². The van der Waals surface area contributed by atoms with E-state index in [9.17, 15) is 4.79 Å². The highest BCUT2D eigenvalue weighted by molar-refractivity contribution is 7.09. The van der Waals surface area contributed by atoms with Crippen molar-refractivity contribution in [2.45, 2.75) is 33.2 Å². The van der Waals surface area contributed by atoms with Crippen LogP contribution in [0.2, 0.25) is 0 Å². The number of carbonyl (C=O) groups excluding carboxylic acids is 1. The van der Waals surface area contributed by atoms with Crippen LogP contribution in [-0.4, -0.2) is 22.3 Å². The van der Waals surface area contributed by atoms with Gasteiger partial charge >= 0.3 is 0 Å². The summed E-state index contributed by atoms with van der Waals surface area (Å²) in [5.41, 5.74) is 2.20. The molecule has 0 aliphatic heterocycles. The Morgan fingerprint density at radius 2 is 2.05 bits per heavy atom. The van der Waals surface area contributed by atoms with E-state index in [1.165, 1.54) is 5.56 Å². The maximum Gasteiger partial charge on any atom is 0.223 e. The molecule has 2 aromatic rings. The van der Waals surface area contributed by atoms with Gasteiger partial charge in [-0.15, -0.1) is 11.3 Å². The fourth-order valence-electron chi connectivity index (χ4n) is 2.10. The lowest BCUT2D eigenvalue weighted by molar-refractivity contribution is -0.131. The van der Waals surface area contributed by atoms with Gasteiger partial charge < -0.3 is 4.90 Å². The molecular weight excluding hydrogens is 268 g/mol. The van der Waals surface area contributed by atoms with Crippen LogP contribution in [0, 0.1) is 6.92 Å². The summed E-state index contributed by atoms with van der Waals surface area (Å²) in [7, 11) is 0. The predicted octanol–water partition coefficient (Wildman–Crippen LogP) is 3.43. The van der Waals surface area contributed by atoms with Crippen LogP contribution in [0.1, 0.15) is 29.6 Å². The highest BCUT2D eigenvalue weighted by Gasteiger charge is 2.12. The summed E-state index contributed by atoms with van der Waals surface area (Å²) in [5.74, 6) is 0.196. The Labute approximate surface area is 124 Å². The van der Waals surface area contributed by atoms with Crippen LogP contribution in [0.3, 0.4) is 0 Å². The molecule has 0 radical (unpaired) electrons. The van der Waals surface area contributed by atoms with Gasteiger partial charge in [-0.3, -0.25) is 4.79 Å². The van der Waals surface area contributed by atoms with Crippen molar-refractivity contribution in [3.8, 4) is 0 Å². The molecule has 0 aliphatic carbocycles. The smallest absolute Gasteiger partial charge is 0.223 e. The molecule has 2 rings (SSSR count). The van der Waals surface area contributed by atoms with Crippen LogP contribution < -0.4 is 0 Å². The third-order valence-corrected chi connectivity index (χ3v) is 4.03. The van der Waals surface area contributed by atoms with E-state index < -0.39 is 0 Å².